The molecule has 3 heterocycles. The number of hydrogen-bond donors (Lipinski definition) is 3. The van der Waals surface area contributed by atoms with Crippen LogP contribution in [-0.2, 0) is 29.1 Å². The summed E-state index contributed by atoms with van der Waals surface area (Å²) in [6.07, 6.45) is 12.2. The maximum absolute atomic E-state index is 14.7. The van der Waals surface area contributed by atoms with Crippen molar-refractivity contribution in [3.63, 3.8) is 0 Å². The number of carbonyl (C=O) groups excluding carboxylic acids is 4. The van der Waals surface area contributed by atoms with Gasteiger partial charge in [-0.15, -0.1) is 0 Å². The molecule has 8 rings (SSSR count). The van der Waals surface area contributed by atoms with Crippen LogP contribution in [0.15, 0.2) is 65.6 Å². The molecular weight excluding hydrogens is 775 g/mol. The molecule has 4 fully saturated rings. The lowest BCUT2D eigenvalue weighted by Crippen LogP contribution is -2.58. The predicted molar refractivity (Wildman–Crippen MR) is 222 cm³/mol. The highest BCUT2D eigenvalue weighted by atomic mass is 32.2. The van der Waals surface area contributed by atoms with Gasteiger partial charge in [0.25, 0.3) is 11.5 Å². The number of nitrogens with one attached hydrogen (secondary N) is 3. The fraction of sp³-hybridized carbons (Fsp3) is 0.535. The van der Waals surface area contributed by atoms with Crippen LogP contribution in [0.4, 0.5) is 10.5 Å². The first kappa shape index (κ1) is 40.5. The lowest BCUT2D eigenvalue weighted by atomic mass is 9.98. The number of fused-ring (bicyclic) bond motifs is 3. The second kappa shape index (κ2) is 16.4. The van der Waals surface area contributed by atoms with Gasteiger partial charge in [0.1, 0.15) is 29.4 Å². The normalized spacial score (nSPS) is 27.1. The molecule has 2 aliphatic heterocycles. The van der Waals surface area contributed by atoms with Gasteiger partial charge < -0.3 is 25.2 Å². The van der Waals surface area contributed by atoms with E-state index in [1.807, 2.05) is 54.6 Å². The van der Waals surface area contributed by atoms with E-state index in [1.165, 1.54) is 9.58 Å². The molecule has 4 amide bonds. The number of aromatic nitrogens is 2. The lowest BCUT2D eigenvalue weighted by molar-refractivity contribution is -0.141. The summed E-state index contributed by atoms with van der Waals surface area (Å²) in [5, 5.41) is 11.7. The Morgan fingerprint density at radius 1 is 0.932 bits per heavy atom. The quantitative estimate of drug-likeness (QED) is 0.276. The van der Waals surface area contributed by atoms with Gasteiger partial charge in [-0.2, -0.15) is 5.10 Å². The molecule has 0 spiro atoms. The second-order valence-electron chi connectivity index (χ2n) is 17.0. The summed E-state index contributed by atoms with van der Waals surface area (Å²) in [5.41, 5.74) is -0.119. The van der Waals surface area contributed by atoms with E-state index in [1.54, 1.807) is 25.2 Å². The highest BCUT2D eigenvalue weighted by Crippen LogP contribution is 2.46. The van der Waals surface area contributed by atoms with Gasteiger partial charge in [-0.3, -0.25) is 23.9 Å². The van der Waals surface area contributed by atoms with Crippen LogP contribution in [0.3, 0.4) is 0 Å². The van der Waals surface area contributed by atoms with E-state index < -0.39 is 74.2 Å². The number of allylic oxidation sites excluding steroid dienone is 1. The summed E-state index contributed by atoms with van der Waals surface area (Å²) in [7, 11) is -0.366. The summed E-state index contributed by atoms with van der Waals surface area (Å²) < 4.78 is 35.1. The van der Waals surface area contributed by atoms with Gasteiger partial charge in [-0.1, -0.05) is 67.5 Å². The predicted octanol–water partition coefficient (Wildman–Crippen LogP) is 4.31. The molecule has 3 aromatic rings. The molecule has 3 aliphatic carbocycles. The van der Waals surface area contributed by atoms with Crippen molar-refractivity contribution in [1.82, 2.24) is 30.0 Å². The third-order valence-electron chi connectivity index (χ3n) is 12.6. The molecule has 59 heavy (non-hydrogen) atoms. The fourth-order valence-electron chi connectivity index (χ4n) is 9.10. The number of anilines is 1. The van der Waals surface area contributed by atoms with Gasteiger partial charge in [0.15, 0.2) is 0 Å². The summed E-state index contributed by atoms with van der Waals surface area (Å²) in [4.78, 5) is 74.1. The monoisotopic (exact) mass is 827 g/mol. The van der Waals surface area contributed by atoms with E-state index in [0.29, 0.717) is 43.4 Å². The Bertz CT molecular complexity index is 2330. The summed E-state index contributed by atoms with van der Waals surface area (Å²) in [6, 6.07) is 10.8. The Balaban J connectivity index is 1.14. The highest BCUT2D eigenvalue weighted by Gasteiger charge is 2.62. The van der Waals surface area contributed by atoms with Gasteiger partial charge in [0.2, 0.25) is 21.8 Å². The smallest absolute Gasteiger partial charge is 0.408 e. The van der Waals surface area contributed by atoms with Crippen LogP contribution in [0, 0.1) is 5.92 Å². The molecule has 16 heteroatoms. The molecule has 5 aliphatic rings. The molecule has 2 unspecified atom stereocenters. The molecule has 5 atom stereocenters. The molecule has 1 aromatic heterocycles. The van der Waals surface area contributed by atoms with Gasteiger partial charge in [-0.05, 0) is 80.5 Å². The summed E-state index contributed by atoms with van der Waals surface area (Å²) in [6.45, 7) is -0.0846. The zero-order valence-corrected chi connectivity index (χ0v) is 34.4. The SMILES string of the molecule is CN(C)c1c(-c2cccc3ccccc23)cnn(C2C[C@H]3C(=O)NC4(C(=O)NS(=O)(=O)C5CC5)C[C@H]4/C=C\CCCCC[C@H](NC(=O)OC4CCCC4)C(=O)N3C2)c1=O. The number of amides is 4. The highest BCUT2D eigenvalue weighted by molar-refractivity contribution is 7.91. The van der Waals surface area contributed by atoms with Crippen LogP contribution in [0.1, 0.15) is 89.5 Å². The van der Waals surface area contributed by atoms with Crippen molar-refractivity contribution < 1.29 is 32.3 Å². The van der Waals surface area contributed by atoms with Crippen LogP contribution < -0.4 is 25.8 Å². The number of rotatable bonds is 8. The Morgan fingerprint density at radius 2 is 1.68 bits per heavy atom. The zero-order chi connectivity index (χ0) is 41.5. The molecular formula is C43H53N7O8S. The zero-order valence-electron chi connectivity index (χ0n) is 33.6. The molecule has 0 bridgehead atoms. The number of hydrogen-bond acceptors (Lipinski definition) is 10. The van der Waals surface area contributed by atoms with E-state index >= 15 is 0 Å². The molecule has 3 N–H and O–H groups in total. The van der Waals surface area contributed by atoms with Crippen LogP contribution in [0.25, 0.3) is 21.9 Å². The number of carbonyl (C=O) groups is 4. The number of nitrogens with zero attached hydrogens (tertiary/aromatic N) is 4. The minimum absolute atomic E-state index is 0.0250. The fourth-order valence-corrected chi connectivity index (χ4v) is 10.5. The van der Waals surface area contributed by atoms with Crippen molar-refractivity contribution in [3.8, 4) is 11.1 Å². The topological polar surface area (TPSA) is 189 Å². The first-order valence-corrected chi connectivity index (χ1v) is 22.5. The van der Waals surface area contributed by atoms with Crippen LogP contribution in [0.5, 0.6) is 0 Å². The lowest BCUT2D eigenvalue weighted by Gasteiger charge is -2.30. The number of ether oxygens (including phenoxy) is 1. The van der Waals surface area contributed by atoms with Crippen molar-refractivity contribution in [3.05, 3.63) is 71.2 Å². The second-order valence-corrected chi connectivity index (χ2v) is 19.0. The molecule has 3 saturated carbocycles. The number of alkyl carbamates (subject to hydrolysis) is 1. The average molecular weight is 828 g/mol. The number of sulfonamides is 1. The van der Waals surface area contributed by atoms with Crippen LogP contribution in [-0.4, -0.2) is 96.5 Å². The minimum atomic E-state index is -3.92. The maximum Gasteiger partial charge on any atom is 0.408 e. The van der Waals surface area contributed by atoms with Crippen molar-refractivity contribution in [2.24, 2.45) is 5.92 Å². The molecule has 2 aromatic carbocycles. The van der Waals surface area contributed by atoms with Crippen molar-refractivity contribution >= 4 is 50.3 Å². The molecule has 15 nitrogen and oxygen atoms in total. The van der Waals surface area contributed by atoms with E-state index in [-0.39, 0.29) is 25.5 Å². The van der Waals surface area contributed by atoms with Crippen molar-refractivity contribution in [2.45, 2.75) is 118 Å². The van der Waals surface area contributed by atoms with E-state index in [9.17, 15) is 32.4 Å². The van der Waals surface area contributed by atoms with Crippen LogP contribution in [0.2, 0.25) is 0 Å². The standard InChI is InChI=1S/C43H53N7O8S/c1-48(2)37-34(33-19-12-14-27-13-8-11-18-32(27)33)25-44-50(40(37)53)29-23-36-38(51)46-43(41(54)47-59(56,57)31-21-22-31)24-28(43)15-6-4-3-5-7-20-35(39(52)49(36)26-29)45-42(55)58-30-16-9-10-17-30/h6,8,11-15,18-19,25,28-31,35-36H,3-5,7,9-10,16-17,20-24,26H2,1-2H3,(H,45,55)(H,46,51)(H,47,54)/b15-6-/t28-,29?,35+,36+,43?/m1/s1. The third kappa shape index (κ3) is 8.32. The van der Waals surface area contributed by atoms with E-state index in [4.69, 9.17) is 4.74 Å². The number of benzene rings is 2. The van der Waals surface area contributed by atoms with Crippen LogP contribution >= 0.6 is 0 Å². The molecule has 314 valence electrons. The summed E-state index contributed by atoms with van der Waals surface area (Å²) in [5.74, 6) is -2.44. The first-order chi connectivity index (χ1) is 28.4. The Morgan fingerprint density at radius 3 is 2.44 bits per heavy atom. The maximum atomic E-state index is 14.7. The largest absolute Gasteiger partial charge is 0.446 e. The Hall–Kier alpha value is -5.25. The van der Waals surface area contributed by atoms with Gasteiger partial charge in [0.05, 0.1) is 17.5 Å². The Labute approximate surface area is 344 Å². The van der Waals surface area contributed by atoms with E-state index in [2.05, 4.69) is 20.5 Å². The van der Waals surface area contributed by atoms with Gasteiger partial charge >= 0.3 is 6.09 Å². The van der Waals surface area contributed by atoms with Crippen molar-refractivity contribution in [1.29, 1.82) is 0 Å². The summed E-state index contributed by atoms with van der Waals surface area (Å²) >= 11 is 0. The van der Waals surface area contributed by atoms with Gasteiger partial charge in [0, 0.05) is 38.5 Å². The first-order valence-electron chi connectivity index (χ1n) is 21.0. The minimum Gasteiger partial charge on any atom is -0.446 e. The average Bonchev–Trinajstić information content (AvgIpc) is 4.08. The van der Waals surface area contributed by atoms with E-state index in [0.717, 1.165) is 54.9 Å². The van der Waals surface area contributed by atoms with Gasteiger partial charge in [-0.25, -0.2) is 17.9 Å². The molecule has 0 radical (unpaired) electrons. The third-order valence-corrected chi connectivity index (χ3v) is 14.4. The van der Waals surface area contributed by atoms with Crippen molar-refractivity contribution in [2.75, 3.05) is 25.5 Å². The Kier molecular flexibility index (Phi) is 11.3. The molecule has 1 saturated heterocycles.